The Labute approximate surface area is 155 Å². The first kappa shape index (κ1) is 18.3. The van der Waals surface area contributed by atoms with Gasteiger partial charge in [-0.15, -0.1) is 11.3 Å². The van der Waals surface area contributed by atoms with Crippen LogP contribution in [-0.4, -0.2) is 19.4 Å². The molecule has 0 unspecified atom stereocenters. The number of nitrogens with one attached hydrogen (secondary N) is 1. The molecular formula is C18H18N2O4S2. The second-order valence-electron chi connectivity index (χ2n) is 6.00. The van der Waals surface area contributed by atoms with Gasteiger partial charge in [0.15, 0.2) is 11.5 Å². The van der Waals surface area contributed by atoms with Crippen molar-refractivity contribution in [2.24, 2.45) is 0 Å². The summed E-state index contributed by atoms with van der Waals surface area (Å²) in [6, 6.07) is 8.00. The summed E-state index contributed by atoms with van der Waals surface area (Å²) in [4.78, 5) is 13.0. The Balaban J connectivity index is 1.96. The third kappa shape index (κ3) is 3.42. The zero-order valence-electron chi connectivity index (χ0n) is 14.8. The van der Waals surface area contributed by atoms with Crippen LogP contribution in [0.5, 0.6) is 0 Å². The molecule has 0 radical (unpaired) electrons. The van der Waals surface area contributed by atoms with Crippen LogP contribution in [0.1, 0.15) is 33.4 Å². The monoisotopic (exact) mass is 390 g/mol. The number of sulfonamides is 1. The van der Waals surface area contributed by atoms with Gasteiger partial charge in [-0.25, -0.2) is 8.42 Å². The predicted molar refractivity (Wildman–Crippen MR) is 101 cm³/mol. The summed E-state index contributed by atoms with van der Waals surface area (Å²) in [5.74, 6) is 0.451. The molecule has 0 amide bonds. The molecular weight excluding hydrogens is 372 g/mol. The number of aromatic nitrogens is 1. The van der Waals surface area contributed by atoms with E-state index in [0.29, 0.717) is 26.8 Å². The maximum absolute atomic E-state index is 12.8. The molecule has 26 heavy (non-hydrogen) atoms. The molecule has 0 spiro atoms. The fourth-order valence-electron chi connectivity index (χ4n) is 2.50. The minimum atomic E-state index is -3.79. The van der Waals surface area contributed by atoms with Crippen molar-refractivity contribution in [2.75, 3.05) is 4.72 Å². The molecule has 0 aliphatic rings. The lowest BCUT2D eigenvalue weighted by atomic mass is 10.1. The molecule has 3 rings (SSSR count). The molecule has 2 heterocycles. The second kappa shape index (κ2) is 6.69. The maximum Gasteiger partial charge on any atom is 0.263 e. The number of rotatable bonds is 5. The average Bonchev–Trinajstić information content (AvgIpc) is 3.11. The number of anilines is 1. The van der Waals surface area contributed by atoms with E-state index in [1.807, 2.05) is 13.8 Å². The van der Waals surface area contributed by atoms with Gasteiger partial charge in [-0.3, -0.25) is 9.52 Å². The Morgan fingerprint density at radius 1 is 1.19 bits per heavy atom. The number of carbonyl (C=O) groups is 1. The molecule has 2 aromatic heterocycles. The predicted octanol–water partition coefficient (Wildman–Crippen LogP) is 4.33. The van der Waals surface area contributed by atoms with Crippen molar-refractivity contribution in [3.05, 3.63) is 52.0 Å². The molecule has 0 aliphatic heterocycles. The Morgan fingerprint density at radius 3 is 2.54 bits per heavy atom. The Kier molecular flexibility index (Phi) is 4.72. The lowest BCUT2D eigenvalue weighted by Crippen LogP contribution is -2.13. The fourth-order valence-corrected chi connectivity index (χ4v) is 5.18. The number of aryl methyl sites for hydroxylation is 2. The summed E-state index contributed by atoms with van der Waals surface area (Å²) in [7, 11) is -3.79. The topological polar surface area (TPSA) is 89.3 Å². The van der Waals surface area contributed by atoms with Crippen LogP contribution in [0.2, 0.25) is 0 Å². The summed E-state index contributed by atoms with van der Waals surface area (Å²) in [5, 5.41) is 3.92. The van der Waals surface area contributed by atoms with Crippen molar-refractivity contribution >= 4 is 32.8 Å². The van der Waals surface area contributed by atoms with Gasteiger partial charge in [0.1, 0.15) is 4.90 Å². The number of benzene rings is 1. The average molecular weight is 390 g/mol. The molecule has 0 saturated heterocycles. The van der Waals surface area contributed by atoms with Gasteiger partial charge in [0.05, 0.1) is 10.6 Å². The molecule has 0 atom stereocenters. The lowest BCUT2D eigenvalue weighted by Gasteiger charge is -2.08. The standard InChI is InChI=1S/C18H18N2O4S2/c1-10-11(2)19-24-18(10)16-9-17(13(4)25-16)26(22,23)20-15-7-5-6-14(8-15)12(3)21/h5-9,20H,1-4H3. The molecule has 136 valence electrons. The van der Waals surface area contributed by atoms with Crippen molar-refractivity contribution in [1.82, 2.24) is 5.16 Å². The minimum Gasteiger partial charge on any atom is -0.355 e. The highest BCUT2D eigenvalue weighted by Gasteiger charge is 2.23. The summed E-state index contributed by atoms with van der Waals surface area (Å²) >= 11 is 1.33. The Hall–Kier alpha value is -2.45. The van der Waals surface area contributed by atoms with Crippen LogP contribution in [-0.2, 0) is 10.0 Å². The maximum atomic E-state index is 12.8. The number of carbonyl (C=O) groups excluding carboxylic acids is 1. The van der Waals surface area contributed by atoms with E-state index in [1.54, 1.807) is 31.2 Å². The summed E-state index contributed by atoms with van der Waals surface area (Å²) < 4.78 is 33.5. The molecule has 0 aliphatic carbocycles. The smallest absolute Gasteiger partial charge is 0.263 e. The third-order valence-electron chi connectivity index (χ3n) is 4.06. The largest absolute Gasteiger partial charge is 0.355 e. The third-order valence-corrected chi connectivity index (χ3v) is 6.75. The van der Waals surface area contributed by atoms with Crippen LogP contribution < -0.4 is 4.72 Å². The van der Waals surface area contributed by atoms with Gasteiger partial charge in [-0.1, -0.05) is 17.3 Å². The molecule has 0 fully saturated rings. The van der Waals surface area contributed by atoms with Crippen LogP contribution in [0.25, 0.3) is 10.6 Å². The highest BCUT2D eigenvalue weighted by Crippen LogP contribution is 2.36. The number of hydrogen-bond acceptors (Lipinski definition) is 6. The molecule has 1 N–H and O–H groups in total. The first-order valence-electron chi connectivity index (χ1n) is 7.86. The van der Waals surface area contributed by atoms with Crippen LogP contribution >= 0.6 is 11.3 Å². The number of Topliss-reactive ketones (excluding diaryl/α,β-unsaturated/α-hetero) is 1. The van der Waals surface area contributed by atoms with Gasteiger partial charge in [0.2, 0.25) is 0 Å². The number of nitrogens with zero attached hydrogens (tertiary/aromatic N) is 1. The van der Waals surface area contributed by atoms with Gasteiger partial charge < -0.3 is 4.52 Å². The quantitative estimate of drug-likeness (QED) is 0.655. The van der Waals surface area contributed by atoms with Crippen molar-refractivity contribution < 1.29 is 17.7 Å². The van der Waals surface area contributed by atoms with Crippen LogP contribution in [0.3, 0.4) is 0 Å². The van der Waals surface area contributed by atoms with E-state index >= 15 is 0 Å². The van der Waals surface area contributed by atoms with Crippen molar-refractivity contribution in [3.63, 3.8) is 0 Å². The van der Waals surface area contributed by atoms with Gasteiger partial charge >= 0.3 is 0 Å². The van der Waals surface area contributed by atoms with E-state index in [4.69, 9.17) is 4.52 Å². The molecule has 0 bridgehead atoms. The minimum absolute atomic E-state index is 0.129. The molecule has 6 nitrogen and oxygen atoms in total. The molecule has 1 aromatic carbocycles. The van der Waals surface area contributed by atoms with Crippen molar-refractivity contribution in [3.8, 4) is 10.6 Å². The summed E-state index contributed by atoms with van der Waals surface area (Å²) in [6.07, 6.45) is 0. The van der Waals surface area contributed by atoms with E-state index in [0.717, 1.165) is 11.3 Å². The zero-order chi connectivity index (χ0) is 19.1. The molecule has 0 saturated carbocycles. The molecule has 8 heteroatoms. The Morgan fingerprint density at radius 2 is 1.92 bits per heavy atom. The van der Waals surface area contributed by atoms with E-state index in [-0.39, 0.29) is 10.7 Å². The van der Waals surface area contributed by atoms with Crippen LogP contribution in [0, 0.1) is 20.8 Å². The van der Waals surface area contributed by atoms with E-state index < -0.39 is 10.0 Å². The van der Waals surface area contributed by atoms with Crippen LogP contribution in [0.15, 0.2) is 39.8 Å². The first-order chi connectivity index (χ1) is 12.2. The van der Waals surface area contributed by atoms with Gasteiger partial charge in [-0.2, -0.15) is 0 Å². The summed E-state index contributed by atoms with van der Waals surface area (Å²) in [5.41, 5.74) is 2.45. The van der Waals surface area contributed by atoms with Crippen molar-refractivity contribution in [1.29, 1.82) is 0 Å². The summed E-state index contributed by atoms with van der Waals surface area (Å²) in [6.45, 7) is 6.90. The van der Waals surface area contributed by atoms with E-state index in [2.05, 4.69) is 9.88 Å². The number of thiophene rings is 1. The van der Waals surface area contributed by atoms with Gasteiger partial charge in [0.25, 0.3) is 10.0 Å². The SMILES string of the molecule is CC(=O)c1cccc(NS(=O)(=O)c2cc(-c3onc(C)c3C)sc2C)c1. The number of ketones is 1. The fraction of sp³-hybridized carbons (Fsp3) is 0.222. The highest BCUT2D eigenvalue weighted by atomic mass is 32.2. The van der Waals surface area contributed by atoms with Gasteiger partial charge in [0, 0.05) is 21.7 Å². The zero-order valence-corrected chi connectivity index (χ0v) is 16.4. The van der Waals surface area contributed by atoms with Crippen molar-refractivity contribution in [2.45, 2.75) is 32.6 Å². The van der Waals surface area contributed by atoms with Crippen LogP contribution in [0.4, 0.5) is 5.69 Å². The molecule has 3 aromatic rings. The first-order valence-corrected chi connectivity index (χ1v) is 10.2. The lowest BCUT2D eigenvalue weighted by molar-refractivity contribution is 0.101. The second-order valence-corrected chi connectivity index (χ2v) is 8.90. The Bertz CT molecular complexity index is 1090. The van der Waals surface area contributed by atoms with Gasteiger partial charge in [-0.05, 0) is 45.9 Å². The normalized spacial score (nSPS) is 11.5. The van der Waals surface area contributed by atoms with E-state index in [9.17, 15) is 13.2 Å². The van der Waals surface area contributed by atoms with E-state index in [1.165, 1.54) is 24.3 Å². The number of hydrogen-bond donors (Lipinski definition) is 1. The highest BCUT2D eigenvalue weighted by molar-refractivity contribution is 7.93.